The summed E-state index contributed by atoms with van der Waals surface area (Å²) in [6, 6.07) is 8.46. The highest BCUT2D eigenvalue weighted by atomic mass is 16.5. The fourth-order valence-corrected chi connectivity index (χ4v) is 3.43. The minimum absolute atomic E-state index is 0.0180. The minimum atomic E-state index is -0.980. The van der Waals surface area contributed by atoms with E-state index in [4.69, 9.17) is 4.74 Å². The molecule has 1 aliphatic rings. The van der Waals surface area contributed by atoms with E-state index in [9.17, 15) is 14.7 Å². The van der Waals surface area contributed by atoms with Crippen LogP contribution in [0.4, 0.5) is 4.79 Å². The van der Waals surface area contributed by atoms with Crippen LogP contribution in [-0.4, -0.2) is 23.2 Å². The molecule has 23 heavy (non-hydrogen) atoms. The lowest BCUT2D eigenvalue weighted by atomic mass is 9.74. The number of carboxylic acid groups (broad SMARTS) is 1. The van der Waals surface area contributed by atoms with Crippen molar-refractivity contribution in [2.75, 3.05) is 0 Å². The molecule has 0 radical (unpaired) electrons. The molecule has 2 N–H and O–H groups in total. The van der Waals surface area contributed by atoms with Crippen molar-refractivity contribution in [1.82, 2.24) is 5.32 Å². The standard InChI is InChI=1S/C18H25NO4/c1-2-14-10-6-7-11-15(14)16(17(20)21)19-18(22)23-12-13-8-4-3-5-9-13/h3-5,8-9,14-16H,2,6-7,10-12H2,1H3,(H,19,22)(H,20,21). The Balaban J connectivity index is 1.93. The molecule has 0 aromatic heterocycles. The van der Waals surface area contributed by atoms with Gasteiger partial charge in [0, 0.05) is 0 Å². The monoisotopic (exact) mass is 319 g/mol. The number of ether oxygens (including phenoxy) is 1. The topological polar surface area (TPSA) is 75.6 Å². The van der Waals surface area contributed by atoms with E-state index >= 15 is 0 Å². The van der Waals surface area contributed by atoms with Crippen molar-refractivity contribution in [2.24, 2.45) is 11.8 Å². The zero-order valence-electron chi connectivity index (χ0n) is 13.5. The molecule has 1 aromatic rings. The average Bonchev–Trinajstić information content (AvgIpc) is 2.58. The fourth-order valence-electron chi connectivity index (χ4n) is 3.43. The van der Waals surface area contributed by atoms with E-state index in [-0.39, 0.29) is 12.5 Å². The number of amides is 1. The molecule has 1 amide bonds. The summed E-state index contributed by atoms with van der Waals surface area (Å²) >= 11 is 0. The Bertz CT molecular complexity index is 517. The van der Waals surface area contributed by atoms with Gasteiger partial charge in [0.05, 0.1) is 0 Å². The van der Waals surface area contributed by atoms with Crippen LogP contribution in [0.5, 0.6) is 0 Å². The second kappa shape index (κ2) is 8.56. The molecule has 126 valence electrons. The van der Waals surface area contributed by atoms with Gasteiger partial charge in [-0.15, -0.1) is 0 Å². The Labute approximate surface area is 137 Å². The number of alkyl carbamates (subject to hydrolysis) is 1. The molecule has 0 bridgehead atoms. The van der Waals surface area contributed by atoms with E-state index < -0.39 is 18.1 Å². The third kappa shape index (κ3) is 4.98. The molecule has 0 heterocycles. The molecule has 1 fully saturated rings. The first-order valence-corrected chi connectivity index (χ1v) is 8.31. The summed E-state index contributed by atoms with van der Waals surface area (Å²) in [6.07, 6.45) is 4.31. The molecule has 5 heteroatoms. The molecule has 1 aliphatic carbocycles. The van der Waals surface area contributed by atoms with E-state index in [1.807, 2.05) is 30.3 Å². The Morgan fingerprint density at radius 1 is 1.26 bits per heavy atom. The lowest BCUT2D eigenvalue weighted by Crippen LogP contribution is -2.49. The van der Waals surface area contributed by atoms with Crippen LogP contribution in [0, 0.1) is 11.8 Å². The first-order valence-electron chi connectivity index (χ1n) is 8.31. The van der Waals surface area contributed by atoms with Crippen LogP contribution in [0.25, 0.3) is 0 Å². The molecular formula is C18H25NO4. The summed E-state index contributed by atoms with van der Waals surface area (Å²) < 4.78 is 5.16. The lowest BCUT2D eigenvalue weighted by molar-refractivity contribution is -0.142. The maximum atomic E-state index is 12.0. The number of carbonyl (C=O) groups excluding carboxylic acids is 1. The van der Waals surface area contributed by atoms with Crippen molar-refractivity contribution in [1.29, 1.82) is 0 Å². The predicted molar refractivity (Wildman–Crippen MR) is 86.9 cm³/mol. The smallest absolute Gasteiger partial charge is 0.408 e. The summed E-state index contributed by atoms with van der Waals surface area (Å²) in [5.74, 6) is -0.651. The van der Waals surface area contributed by atoms with E-state index in [1.165, 1.54) is 0 Å². The van der Waals surface area contributed by atoms with E-state index in [1.54, 1.807) is 0 Å². The zero-order chi connectivity index (χ0) is 16.7. The second-order valence-electron chi connectivity index (χ2n) is 6.14. The molecule has 0 saturated heterocycles. The van der Waals surface area contributed by atoms with E-state index in [2.05, 4.69) is 12.2 Å². The number of benzene rings is 1. The van der Waals surface area contributed by atoms with Gasteiger partial charge in [-0.25, -0.2) is 9.59 Å². The van der Waals surface area contributed by atoms with Crippen LogP contribution in [-0.2, 0) is 16.1 Å². The third-order valence-corrected chi connectivity index (χ3v) is 4.67. The molecule has 0 spiro atoms. The van der Waals surface area contributed by atoms with Crippen LogP contribution >= 0.6 is 0 Å². The summed E-state index contributed by atoms with van der Waals surface area (Å²) in [6.45, 7) is 2.22. The lowest BCUT2D eigenvalue weighted by Gasteiger charge is -2.34. The summed E-state index contributed by atoms with van der Waals surface area (Å²) in [7, 11) is 0. The number of rotatable bonds is 6. The van der Waals surface area contributed by atoms with Crippen molar-refractivity contribution in [3.05, 3.63) is 35.9 Å². The summed E-state index contributed by atoms with van der Waals surface area (Å²) in [5, 5.41) is 12.1. The molecular weight excluding hydrogens is 294 g/mol. The van der Waals surface area contributed by atoms with Crippen molar-refractivity contribution >= 4 is 12.1 Å². The normalized spacial score (nSPS) is 22.1. The van der Waals surface area contributed by atoms with Crippen LogP contribution in [0.3, 0.4) is 0 Å². The Morgan fingerprint density at radius 3 is 2.61 bits per heavy atom. The largest absolute Gasteiger partial charge is 0.480 e. The number of hydrogen-bond acceptors (Lipinski definition) is 3. The molecule has 1 aromatic carbocycles. The molecule has 2 rings (SSSR count). The van der Waals surface area contributed by atoms with Gasteiger partial charge in [0.25, 0.3) is 0 Å². The number of nitrogens with one attached hydrogen (secondary N) is 1. The third-order valence-electron chi connectivity index (χ3n) is 4.67. The van der Waals surface area contributed by atoms with Gasteiger partial charge >= 0.3 is 12.1 Å². The molecule has 1 saturated carbocycles. The van der Waals surface area contributed by atoms with E-state index in [0.717, 1.165) is 37.7 Å². The first kappa shape index (κ1) is 17.3. The van der Waals surface area contributed by atoms with Crippen LogP contribution < -0.4 is 5.32 Å². The van der Waals surface area contributed by atoms with Gasteiger partial charge in [-0.2, -0.15) is 0 Å². The number of carbonyl (C=O) groups is 2. The van der Waals surface area contributed by atoms with Crippen LogP contribution in [0.1, 0.15) is 44.6 Å². The Kier molecular flexibility index (Phi) is 6.44. The van der Waals surface area contributed by atoms with Crippen molar-refractivity contribution in [2.45, 2.75) is 51.7 Å². The van der Waals surface area contributed by atoms with Gasteiger partial charge in [-0.05, 0) is 23.8 Å². The quantitative estimate of drug-likeness (QED) is 0.840. The summed E-state index contributed by atoms with van der Waals surface area (Å²) in [4.78, 5) is 23.6. The van der Waals surface area contributed by atoms with Gasteiger partial charge in [0.2, 0.25) is 0 Å². The fraction of sp³-hybridized carbons (Fsp3) is 0.556. The highest BCUT2D eigenvalue weighted by molar-refractivity contribution is 5.80. The van der Waals surface area contributed by atoms with Gasteiger partial charge in [-0.3, -0.25) is 0 Å². The van der Waals surface area contributed by atoms with Crippen molar-refractivity contribution in [3.8, 4) is 0 Å². The first-order chi connectivity index (χ1) is 11.1. The van der Waals surface area contributed by atoms with Gasteiger partial charge in [0.15, 0.2) is 0 Å². The maximum absolute atomic E-state index is 12.0. The SMILES string of the molecule is CCC1CCCCC1C(NC(=O)OCc1ccccc1)C(=O)O. The number of hydrogen-bond donors (Lipinski definition) is 2. The highest BCUT2D eigenvalue weighted by Crippen LogP contribution is 2.34. The van der Waals surface area contributed by atoms with Crippen LogP contribution in [0.2, 0.25) is 0 Å². The van der Waals surface area contributed by atoms with Crippen molar-refractivity contribution in [3.63, 3.8) is 0 Å². The van der Waals surface area contributed by atoms with Gasteiger partial charge in [0.1, 0.15) is 12.6 Å². The zero-order valence-corrected chi connectivity index (χ0v) is 13.5. The average molecular weight is 319 g/mol. The Hall–Kier alpha value is -2.04. The van der Waals surface area contributed by atoms with E-state index in [0.29, 0.717) is 5.92 Å². The second-order valence-corrected chi connectivity index (χ2v) is 6.14. The Morgan fingerprint density at radius 2 is 1.96 bits per heavy atom. The van der Waals surface area contributed by atoms with Crippen LogP contribution in [0.15, 0.2) is 30.3 Å². The summed E-state index contributed by atoms with van der Waals surface area (Å²) in [5.41, 5.74) is 0.874. The molecule has 3 unspecified atom stereocenters. The highest BCUT2D eigenvalue weighted by Gasteiger charge is 2.36. The number of aliphatic carboxylic acids is 1. The molecule has 0 aliphatic heterocycles. The van der Waals surface area contributed by atoms with Gasteiger partial charge < -0.3 is 15.2 Å². The maximum Gasteiger partial charge on any atom is 0.408 e. The van der Waals surface area contributed by atoms with Gasteiger partial charge in [-0.1, -0.05) is 62.9 Å². The van der Waals surface area contributed by atoms with Crippen molar-refractivity contribution < 1.29 is 19.4 Å². The molecule has 5 nitrogen and oxygen atoms in total. The molecule has 3 atom stereocenters. The predicted octanol–water partition coefficient (Wildman–Crippen LogP) is 3.58. The minimum Gasteiger partial charge on any atom is -0.480 e. The number of carboxylic acids is 1.